The van der Waals surface area contributed by atoms with Crippen molar-refractivity contribution in [3.05, 3.63) is 59.4 Å². The molecule has 0 spiro atoms. The fraction of sp³-hybridized carbons (Fsp3) is 0.190. The third kappa shape index (κ3) is 3.78. The molecule has 0 saturated heterocycles. The second-order valence-electron chi connectivity index (χ2n) is 7.05. The first-order valence-corrected chi connectivity index (χ1v) is 11.0. The Bertz CT molecular complexity index is 1370. The molecule has 1 N–H and O–H groups in total. The SMILES string of the molecule is CC(=O)OCCN1C(=O)c2c(C)nc3ccc(S(=O)(=O)Nc4ccccn4)cc3c2C1=O. The fourth-order valence-electron chi connectivity index (χ4n) is 3.48. The zero-order chi connectivity index (χ0) is 23.0. The number of hydrogen-bond acceptors (Lipinski definition) is 8. The monoisotopic (exact) mass is 454 g/mol. The van der Waals surface area contributed by atoms with Crippen molar-refractivity contribution in [1.29, 1.82) is 0 Å². The molecule has 1 aromatic carbocycles. The van der Waals surface area contributed by atoms with Crippen LogP contribution in [-0.2, 0) is 19.6 Å². The minimum absolute atomic E-state index is 0.0789. The van der Waals surface area contributed by atoms with Gasteiger partial charge in [-0.2, -0.15) is 0 Å². The molecule has 0 bridgehead atoms. The number of carbonyl (C=O) groups is 3. The molecule has 0 aliphatic carbocycles. The average molecular weight is 454 g/mol. The lowest BCUT2D eigenvalue weighted by Gasteiger charge is -2.13. The summed E-state index contributed by atoms with van der Waals surface area (Å²) < 4.78 is 32.9. The standard InChI is InChI=1S/C21H18N4O6S/c1-12-18-19(21(28)25(20(18)27)9-10-31-13(2)26)15-11-14(6-7-16(15)23-12)32(29,30)24-17-5-3-4-8-22-17/h3-8,11H,9-10H2,1-2H3,(H,22,24). The summed E-state index contributed by atoms with van der Waals surface area (Å²) >= 11 is 0. The minimum atomic E-state index is -4.01. The maximum absolute atomic E-state index is 13.1. The van der Waals surface area contributed by atoms with E-state index < -0.39 is 27.8 Å². The van der Waals surface area contributed by atoms with Gasteiger partial charge in [0.15, 0.2) is 0 Å². The van der Waals surface area contributed by atoms with Crippen LogP contribution in [0, 0.1) is 6.92 Å². The Morgan fingerprint density at radius 2 is 1.88 bits per heavy atom. The number of sulfonamides is 1. The van der Waals surface area contributed by atoms with Gasteiger partial charge >= 0.3 is 5.97 Å². The van der Waals surface area contributed by atoms with Gasteiger partial charge in [0.05, 0.1) is 33.8 Å². The molecule has 0 atom stereocenters. The molecule has 11 heteroatoms. The van der Waals surface area contributed by atoms with E-state index in [1.807, 2.05) is 0 Å². The van der Waals surface area contributed by atoms with Gasteiger partial charge < -0.3 is 4.74 Å². The third-order valence-corrected chi connectivity index (χ3v) is 6.24. The number of imide groups is 1. The number of carbonyl (C=O) groups excluding carboxylic acids is 3. The fourth-order valence-corrected chi connectivity index (χ4v) is 4.52. The van der Waals surface area contributed by atoms with Crippen LogP contribution in [0.2, 0.25) is 0 Å². The van der Waals surface area contributed by atoms with Gasteiger partial charge in [0.2, 0.25) is 0 Å². The molecule has 3 aromatic rings. The van der Waals surface area contributed by atoms with E-state index in [9.17, 15) is 22.8 Å². The van der Waals surface area contributed by atoms with Crippen LogP contribution in [0.25, 0.3) is 10.9 Å². The predicted octanol–water partition coefficient (Wildman–Crippen LogP) is 1.90. The van der Waals surface area contributed by atoms with E-state index in [1.54, 1.807) is 19.1 Å². The summed E-state index contributed by atoms with van der Waals surface area (Å²) in [6.45, 7) is 2.57. The molecule has 2 amide bonds. The molecule has 164 valence electrons. The Kier molecular flexibility index (Phi) is 5.35. The Morgan fingerprint density at radius 1 is 1.12 bits per heavy atom. The van der Waals surface area contributed by atoms with Crippen molar-refractivity contribution in [3.63, 3.8) is 0 Å². The van der Waals surface area contributed by atoms with E-state index in [4.69, 9.17) is 4.74 Å². The zero-order valence-corrected chi connectivity index (χ0v) is 18.0. The molecule has 0 fully saturated rings. The number of ether oxygens (including phenoxy) is 1. The molecule has 32 heavy (non-hydrogen) atoms. The predicted molar refractivity (Wildman–Crippen MR) is 114 cm³/mol. The smallest absolute Gasteiger partial charge is 0.302 e. The van der Waals surface area contributed by atoms with Crippen LogP contribution in [0.15, 0.2) is 47.5 Å². The van der Waals surface area contributed by atoms with Crippen LogP contribution < -0.4 is 4.72 Å². The molecular formula is C21H18N4O6S. The van der Waals surface area contributed by atoms with E-state index in [1.165, 1.54) is 37.4 Å². The lowest BCUT2D eigenvalue weighted by atomic mass is 10.0. The summed E-state index contributed by atoms with van der Waals surface area (Å²) in [5.41, 5.74) is 0.914. The summed E-state index contributed by atoms with van der Waals surface area (Å²) in [5.74, 6) is -1.55. The van der Waals surface area contributed by atoms with Gasteiger partial charge in [-0.15, -0.1) is 0 Å². The average Bonchev–Trinajstić information content (AvgIpc) is 2.99. The van der Waals surface area contributed by atoms with Gasteiger partial charge in [-0.1, -0.05) is 6.07 Å². The Hall–Kier alpha value is -3.86. The van der Waals surface area contributed by atoms with Crippen LogP contribution in [0.3, 0.4) is 0 Å². The number of nitrogens with one attached hydrogen (secondary N) is 1. The van der Waals surface area contributed by atoms with E-state index in [2.05, 4.69) is 14.7 Å². The maximum atomic E-state index is 13.1. The van der Waals surface area contributed by atoms with E-state index >= 15 is 0 Å². The number of nitrogens with zero attached hydrogens (tertiary/aromatic N) is 3. The lowest BCUT2D eigenvalue weighted by Crippen LogP contribution is -2.33. The van der Waals surface area contributed by atoms with Gasteiger partial charge in [0.1, 0.15) is 12.4 Å². The van der Waals surface area contributed by atoms with Crippen molar-refractivity contribution in [1.82, 2.24) is 14.9 Å². The molecule has 0 unspecified atom stereocenters. The molecule has 1 aliphatic heterocycles. The zero-order valence-electron chi connectivity index (χ0n) is 17.2. The Labute approximate surface area is 183 Å². The van der Waals surface area contributed by atoms with Crippen molar-refractivity contribution in [2.24, 2.45) is 0 Å². The first-order valence-electron chi connectivity index (χ1n) is 9.57. The Balaban J connectivity index is 1.76. The molecule has 10 nitrogen and oxygen atoms in total. The number of aromatic nitrogens is 2. The second kappa shape index (κ2) is 8.00. The lowest BCUT2D eigenvalue weighted by molar-refractivity contribution is -0.141. The number of pyridine rings is 2. The number of fused-ring (bicyclic) bond motifs is 3. The topological polar surface area (TPSA) is 136 Å². The number of anilines is 1. The second-order valence-corrected chi connectivity index (χ2v) is 8.73. The quantitative estimate of drug-likeness (QED) is 0.441. The molecule has 1 aliphatic rings. The first kappa shape index (κ1) is 21.4. The molecule has 0 saturated carbocycles. The van der Waals surface area contributed by atoms with Crippen molar-refractivity contribution in [3.8, 4) is 0 Å². The van der Waals surface area contributed by atoms with Crippen molar-refractivity contribution in [2.45, 2.75) is 18.7 Å². The van der Waals surface area contributed by atoms with E-state index in [0.717, 1.165) is 4.90 Å². The molecule has 0 radical (unpaired) electrons. The summed E-state index contributed by atoms with van der Waals surface area (Å²) in [7, 11) is -4.01. The van der Waals surface area contributed by atoms with Gasteiger partial charge in [-0.3, -0.25) is 29.0 Å². The van der Waals surface area contributed by atoms with Crippen LogP contribution in [0.5, 0.6) is 0 Å². The number of rotatable bonds is 6. The first-order chi connectivity index (χ1) is 15.2. The summed E-state index contributed by atoms with van der Waals surface area (Å²) in [4.78, 5) is 46.1. The molecular weight excluding hydrogens is 436 g/mol. The van der Waals surface area contributed by atoms with Crippen molar-refractivity contribution in [2.75, 3.05) is 17.9 Å². The van der Waals surface area contributed by atoms with Crippen LogP contribution in [0.4, 0.5) is 5.82 Å². The number of aryl methyl sites for hydroxylation is 1. The highest BCUT2D eigenvalue weighted by Gasteiger charge is 2.39. The molecule has 3 heterocycles. The largest absolute Gasteiger partial charge is 0.464 e. The molecule has 2 aromatic heterocycles. The highest BCUT2D eigenvalue weighted by molar-refractivity contribution is 7.92. The number of esters is 1. The van der Waals surface area contributed by atoms with Crippen molar-refractivity contribution < 1.29 is 27.5 Å². The van der Waals surface area contributed by atoms with E-state index in [-0.39, 0.29) is 40.4 Å². The highest BCUT2D eigenvalue weighted by atomic mass is 32.2. The Morgan fingerprint density at radius 3 is 2.56 bits per heavy atom. The van der Waals surface area contributed by atoms with Crippen LogP contribution >= 0.6 is 0 Å². The van der Waals surface area contributed by atoms with Gasteiger partial charge in [0.25, 0.3) is 21.8 Å². The van der Waals surface area contributed by atoms with Crippen LogP contribution in [0.1, 0.15) is 33.3 Å². The minimum Gasteiger partial charge on any atom is -0.464 e. The number of benzene rings is 1. The van der Waals surface area contributed by atoms with Gasteiger partial charge in [0, 0.05) is 18.5 Å². The summed E-state index contributed by atoms with van der Waals surface area (Å²) in [5, 5.41) is 0.239. The summed E-state index contributed by atoms with van der Waals surface area (Å²) in [6, 6.07) is 8.96. The maximum Gasteiger partial charge on any atom is 0.302 e. The number of hydrogen-bond donors (Lipinski definition) is 1. The van der Waals surface area contributed by atoms with Gasteiger partial charge in [-0.05, 0) is 37.3 Å². The summed E-state index contributed by atoms with van der Waals surface area (Å²) in [6.07, 6.45) is 1.45. The highest BCUT2D eigenvalue weighted by Crippen LogP contribution is 2.32. The van der Waals surface area contributed by atoms with Gasteiger partial charge in [-0.25, -0.2) is 13.4 Å². The molecule has 4 rings (SSSR count). The van der Waals surface area contributed by atoms with E-state index in [0.29, 0.717) is 11.2 Å². The van der Waals surface area contributed by atoms with Crippen molar-refractivity contribution >= 4 is 44.5 Å². The third-order valence-electron chi connectivity index (χ3n) is 4.89. The normalized spacial score (nSPS) is 13.4. The number of amides is 2. The van der Waals surface area contributed by atoms with Crippen LogP contribution in [-0.4, -0.2) is 54.2 Å².